The standard InChI is InChI=1S/C42H28N2S3/c1-4-14-29(15-5-1)43(30-16-6-2-7-17-30)35-25-26-36(42-41(35)46-39-22-12-13-23-40(39)47-42)44(31-18-8-3-9-19-31)32-24-27-38-34(28-32)33-20-10-11-21-37(33)45-38/h1-28H. The van der Waals surface area contributed by atoms with Crippen molar-refractivity contribution < 1.29 is 0 Å². The van der Waals surface area contributed by atoms with Gasteiger partial charge in [0.15, 0.2) is 0 Å². The number of nitrogens with zero attached hydrogens (tertiary/aromatic N) is 2. The van der Waals surface area contributed by atoms with Crippen LogP contribution in [-0.2, 0) is 0 Å². The average molecular weight is 657 g/mol. The van der Waals surface area contributed by atoms with Gasteiger partial charge in [0.1, 0.15) is 0 Å². The van der Waals surface area contributed by atoms with E-state index >= 15 is 0 Å². The van der Waals surface area contributed by atoms with E-state index in [1.807, 2.05) is 34.9 Å². The van der Waals surface area contributed by atoms with E-state index in [-0.39, 0.29) is 0 Å². The number of thiophene rings is 1. The van der Waals surface area contributed by atoms with Crippen LogP contribution in [-0.4, -0.2) is 0 Å². The molecule has 0 spiro atoms. The van der Waals surface area contributed by atoms with E-state index in [4.69, 9.17) is 0 Å². The lowest BCUT2D eigenvalue weighted by Crippen LogP contribution is -2.15. The molecule has 47 heavy (non-hydrogen) atoms. The summed E-state index contributed by atoms with van der Waals surface area (Å²) in [7, 11) is 0. The summed E-state index contributed by atoms with van der Waals surface area (Å²) in [6.07, 6.45) is 0. The molecule has 0 saturated heterocycles. The maximum Gasteiger partial charge on any atom is 0.0614 e. The highest BCUT2D eigenvalue weighted by atomic mass is 32.2. The molecule has 5 heteroatoms. The number of fused-ring (bicyclic) bond motifs is 5. The van der Waals surface area contributed by atoms with E-state index in [0.29, 0.717) is 0 Å². The quantitative estimate of drug-likeness (QED) is 0.176. The zero-order valence-corrected chi connectivity index (χ0v) is 27.7. The number of para-hydroxylation sites is 3. The van der Waals surface area contributed by atoms with E-state index in [0.717, 1.165) is 22.7 Å². The van der Waals surface area contributed by atoms with Crippen LogP contribution in [0.15, 0.2) is 189 Å². The van der Waals surface area contributed by atoms with Gasteiger partial charge >= 0.3 is 0 Å². The van der Waals surface area contributed by atoms with Gasteiger partial charge in [-0.3, -0.25) is 0 Å². The zero-order chi connectivity index (χ0) is 31.2. The lowest BCUT2D eigenvalue weighted by molar-refractivity contribution is 1.10. The summed E-state index contributed by atoms with van der Waals surface area (Å²) in [5, 5.41) is 2.60. The maximum absolute atomic E-state index is 2.44. The average Bonchev–Trinajstić information content (AvgIpc) is 3.51. The summed E-state index contributed by atoms with van der Waals surface area (Å²) in [4.78, 5) is 9.89. The molecule has 0 amide bonds. The zero-order valence-electron chi connectivity index (χ0n) is 25.3. The third-order valence-corrected chi connectivity index (χ3v) is 12.3. The Morgan fingerprint density at radius 1 is 0.340 bits per heavy atom. The Morgan fingerprint density at radius 3 is 1.34 bits per heavy atom. The van der Waals surface area contributed by atoms with Gasteiger partial charge in [-0.1, -0.05) is 108 Å². The first-order valence-corrected chi connectivity index (χ1v) is 18.1. The SMILES string of the molecule is c1ccc(N(c2ccccc2)c2ccc(N(c3ccccc3)c3ccc4sc5ccccc5c4c3)c3c2Sc2ccccc2S3)cc1. The smallest absolute Gasteiger partial charge is 0.0614 e. The second-order valence-corrected chi connectivity index (χ2v) is 14.6. The van der Waals surface area contributed by atoms with Crippen LogP contribution in [0.5, 0.6) is 0 Å². The monoisotopic (exact) mass is 656 g/mol. The minimum absolute atomic E-state index is 1.13. The summed E-state index contributed by atoms with van der Waals surface area (Å²) in [5.74, 6) is 0. The van der Waals surface area contributed by atoms with Gasteiger partial charge in [0.05, 0.1) is 21.2 Å². The molecule has 0 fully saturated rings. The molecule has 0 aliphatic carbocycles. The van der Waals surface area contributed by atoms with Crippen molar-refractivity contribution in [1.29, 1.82) is 0 Å². The Bertz CT molecular complexity index is 2330. The van der Waals surface area contributed by atoms with E-state index in [9.17, 15) is 0 Å². The first-order valence-electron chi connectivity index (χ1n) is 15.6. The summed E-state index contributed by atoms with van der Waals surface area (Å²) in [6, 6.07) is 61.2. The van der Waals surface area contributed by atoms with Crippen molar-refractivity contribution in [1.82, 2.24) is 0 Å². The molecule has 1 aliphatic heterocycles. The Balaban J connectivity index is 1.30. The molecular formula is C42H28N2S3. The van der Waals surface area contributed by atoms with Crippen LogP contribution in [0.3, 0.4) is 0 Å². The van der Waals surface area contributed by atoms with E-state index in [2.05, 4.69) is 180 Å². The molecule has 224 valence electrons. The molecule has 2 nitrogen and oxygen atoms in total. The Hall–Kier alpha value is -4.94. The number of benzene rings is 7. The van der Waals surface area contributed by atoms with Gasteiger partial charge in [0.2, 0.25) is 0 Å². The predicted octanol–water partition coefficient (Wildman–Crippen LogP) is 13.6. The molecule has 0 unspecified atom stereocenters. The second-order valence-electron chi connectivity index (χ2n) is 11.4. The lowest BCUT2D eigenvalue weighted by Gasteiger charge is -2.34. The molecular weight excluding hydrogens is 629 g/mol. The predicted molar refractivity (Wildman–Crippen MR) is 203 cm³/mol. The lowest BCUT2D eigenvalue weighted by atomic mass is 10.1. The van der Waals surface area contributed by atoms with Crippen LogP contribution < -0.4 is 9.80 Å². The minimum Gasteiger partial charge on any atom is -0.309 e. The molecule has 0 saturated carbocycles. The van der Waals surface area contributed by atoms with Crippen LogP contribution in [0, 0.1) is 0 Å². The van der Waals surface area contributed by atoms with Crippen LogP contribution >= 0.6 is 34.9 Å². The third kappa shape index (κ3) is 5.08. The molecule has 0 radical (unpaired) electrons. The van der Waals surface area contributed by atoms with Gasteiger partial charge in [-0.2, -0.15) is 0 Å². The van der Waals surface area contributed by atoms with Crippen molar-refractivity contribution in [2.45, 2.75) is 19.6 Å². The Morgan fingerprint density at radius 2 is 0.787 bits per heavy atom. The number of hydrogen-bond donors (Lipinski definition) is 0. The fraction of sp³-hybridized carbons (Fsp3) is 0. The summed E-state index contributed by atoms with van der Waals surface area (Å²) in [6.45, 7) is 0. The topological polar surface area (TPSA) is 6.48 Å². The first kappa shape index (κ1) is 28.3. The first-order chi connectivity index (χ1) is 23.3. The van der Waals surface area contributed by atoms with Crippen LogP contribution in [0.4, 0.5) is 34.1 Å². The number of rotatable bonds is 6. The highest BCUT2D eigenvalue weighted by molar-refractivity contribution is 8.05. The maximum atomic E-state index is 2.44. The summed E-state index contributed by atoms with van der Waals surface area (Å²) >= 11 is 5.59. The van der Waals surface area contributed by atoms with Crippen LogP contribution in [0.1, 0.15) is 0 Å². The molecule has 8 aromatic rings. The summed E-state index contributed by atoms with van der Waals surface area (Å²) in [5.41, 5.74) is 6.88. The number of anilines is 6. The molecule has 1 aliphatic rings. The molecule has 0 bridgehead atoms. The van der Waals surface area contributed by atoms with Gasteiger partial charge in [0, 0.05) is 52.7 Å². The normalized spacial score (nSPS) is 12.1. The van der Waals surface area contributed by atoms with Gasteiger partial charge < -0.3 is 9.80 Å². The largest absolute Gasteiger partial charge is 0.309 e. The van der Waals surface area contributed by atoms with Gasteiger partial charge in [-0.25, -0.2) is 0 Å². The van der Waals surface area contributed by atoms with Crippen molar-refractivity contribution in [2.24, 2.45) is 0 Å². The minimum atomic E-state index is 1.13. The van der Waals surface area contributed by atoms with Gasteiger partial charge in [-0.05, 0) is 84.9 Å². The van der Waals surface area contributed by atoms with E-state index < -0.39 is 0 Å². The molecule has 9 rings (SSSR count). The Kier molecular flexibility index (Phi) is 7.23. The van der Waals surface area contributed by atoms with Gasteiger partial charge in [-0.15, -0.1) is 11.3 Å². The second kappa shape index (κ2) is 12.0. The van der Waals surface area contributed by atoms with E-state index in [1.165, 1.54) is 51.1 Å². The molecule has 7 aromatic carbocycles. The highest BCUT2D eigenvalue weighted by Crippen LogP contribution is 2.58. The third-order valence-electron chi connectivity index (χ3n) is 8.49. The van der Waals surface area contributed by atoms with Crippen LogP contribution in [0.25, 0.3) is 20.2 Å². The summed E-state index contributed by atoms with van der Waals surface area (Å²) < 4.78 is 2.62. The van der Waals surface area contributed by atoms with Crippen molar-refractivity contribution in [2.75, 3.05) is 9.80 Å². The van der Waals surface area contributed by atoms with E-state index in [1.54, 1.807) is 0 Å². The Labute approximate surface area is 286 Å². The number of hydrogen-bond acceptors (Lipinski definition) is 5. The molecule has 1 aromatic heterocycles. The molecule has 0 atom stereocenters. The van der Waals surface area contributed by atoms with Crippen molar-refractivity contribution in [3.05, 3.63) is 170 Å². The fourth-order valence-electron chi connectivity index (χ4n) is 6.37. The molecule has 0 N–H and O–H groups in total. The van der Waals surface area contributed by atoms with Crippen LogP contribution in [0.2, 0.25) is 0 Å². The van der Waals surface area contributed by atoms with Crippen molar-refractivity contribution >= 4 is 89.2 Å². The highest BCUT2D eigenvalue weighted by Gasteiger charge is 2.29. The molecule has 2 heterocycles. The van der Waals surface area contributed by atoms with Crippen molar-refractivity contribution in [3.63, 3.8) is 0 Å². The van der Waals surface area contributed by atoms with Gasteiger partial charge in [0.25, 0.3) is 0 Å². The van der Waals surface area contributed by atoms with Crippen molar-refractivity contribution in [3.8, 4) is 0 Å². The fourth-order valence-corrected chi connectivity index (χ4v) is 9.95.